The number of nitrogens with one attached hydrogen (secondary N) is 2. The zero-order chi connectivity index (χ0) is 17.1. The van der Waals surface area contributed by atoms with Gasteiger partial charge in [0.1, 0.15) is 0 Å². The van der Waals surface area contributed by atoms with Gasteiger partial charge in [-0.2, -0.15) is 0 Å². The Morgan fingerprint density at radius 2 is 0.962 bits per heavy atom. The second-order valence-electron chi connectivity index (χ2n) is 5.09. The number of pyridine rings is 2. The van der Waals surface area contributed by atoms with Crippen molar-refractivity contribution in [1.29, 1.82) is 0 Å². The minimum absolute atomic E-state index is 0. The third-order valence-corrected chi connectivity index (χ3v) is 3.44. The molecule has 0 saturated carbocycles. The number of aromatic amines is 2. The molecule has 0 saturated heterocycles. The molecule has 2 heterocycles. The summed E-state index contributed by atoms with van der Waals surface area (Å²) >= 11 is 0. The Morgan fingerprint density at radius 1 is 0.577 bits per heavy atom. The molecule has 0 bridgehead atoms. The van der Waals surface area contributed by atoms with Crippen molar-refractivity contribution in [1.82, 2.24) is 9.97 Å². The van der Waals surface area contributed by atoms with E-state index in [4.69, 9.17) is 0 Å². The van der Waals surface area contributed by atoms with Gasteiger partial charge >= 0.3 is 34.1 Å². The molecule has 6 nitrogen and oxygen atoms in total. The molecular weight excluding hydrogens is 435 g/mol. The van der Waals surface area contributed by atoms with E-state index >= 15 is 0 Å². The zero-order valence-corrected chi connectivity index (χ0v) is 14.9. The van der Waals surface area contributed by atoms with Crippen LogP contribution < -0.4 is 21.3 Å². The van der Waals surface area contributed by atoms with Crippen LogP contribution in [0.3, 0.4) is 0 Å². The number of para-hydroxylation sites is 2. The number of aromatic nitrogens is 2. The van der Waals surface area contributed by atoms with E-state index in [9.17, 15) is 19.8 Å². The van der Waals surface area contributed by atoms with E-state index in [1.165, 1.54) is 24.3 Å². The Kier molecular flexibility index (Phi) is 7.68. The maximum Gasteiger partial charge on any atom is 1.00 e. The quantitative estimate of drug-likeness (QED) is 0.395. The molecule has 2 N–H and O–H groups in total. The standard InChI is InChI=1S/2C9H7NO2.2Cu/c2*11-7-3-1-2-6-4-5-8(12)10-9(6)7;;/h2*1-5,11H,(H,10,12);;/q;;2*+1/p-2. The van der Waals surface area contributed by atoms with Crippen molar-refractivity contribution in [2.24, 2.45) is 0 Å². The summed E-state index contributed by atoms with van der Waals surface area (Å²) in [6.07, 6.45) is 0. The van der Waals surface area contributed by atoms with Gasteiger partial charge in [0.2, 0.25) is 11.1 Å². The molecule has 4 rings (SSSR count). The minimum atomic E-state index is -0.245. The Balaban J connectivity index is 0.000000241. The minimum Gasteiger partial charge on any atom is -0.871 e. The molecule has 0 fully saturated rings. The van der Waals surface area contributed by atoms with Gasteiger partial charge in [-0.3, -0.25) is 9.59 Å². The zero-order valence-electron chi connectivity index (χ0n) is 13.0. The fraction of sp³-hybridized carbons (Fsp3) is 0. The predicted molar refractivity (Wildman–Crippen MR) is 88.0 cm³/mol. The van der Waals surface area contributed by atoms with Crippen molar-refractivity contribution in [3.8, 4) is 11.5 Å². The molecule has 0 spiro atoms. The predicted octanol–water partition coefficient (Wildman–Crippen LogP) is 1.20. The number of hydrogen-bond acceptors (Lipinski definition) is 4. The van der Waals surface area contributed by atoms with Gasteiger partial charge in [-0.1, -0.05) is 47.9 Å². The number of rotatable bonds is 0. The molecule has 0 unspecified atom stereocenters. The van der Waals surface area contributed by atoms with Gasteiger partial charge in [0.25, 0.3) is 0 Å². The molecule has 8 heteroatoms. The summed E-state index contributed by atoms with van der Waals surface area (Å²) in [7, 11) is 0. The van der Waals surface area contributed by atoms with Gasteiger partial charge in [0.15, 0.2) is 0 Å². The molecule has 2 aromatic heterocycles. The smallest absolute Gasteiger partial charge is 0.871 e. The van der Waals surface area contributed by atoms with Crippen molar-refractivity contribution in [2.75, 3.05) is 0 Å². The molecule has 0 aliphatic rings. The Labute approximate surface area is 168 Å². The van der Waals surface area contributed by atoms with Crippen molar-refractivity contribution in [2.45, 2.75) is 0 Å². The molecular formula is C18H12Cu2N2O4. The third kappa shape index (κ3) is 4.77. The third-order valence-electron chi connectivity index (χ3n) is 3.44. The van der Waals surface area contributed by atoms with E-state index < -0.39 is 0 Å². The summed E-state index contributed by atoms with van der Waals surface area (Å²) in [4.78, 5) is 26.7. The van der Waals surface area contributed by atoms with E-state index in [0.29, 0.717) is 11.0 Å². The largest absolute Gasteiger partial charge is 1.00 e. The first-order valence-corrected chi connectivity index (χ1v) is 7.13. The normalized spacial score (nSPS) is 9.54. The van der Waals surface area contributed by atoms with Crippen LogP contribution in [-0.4, -0.2) is 9.97 Å². The number of H-pyrrole nitrogens is 2. The second-order valence-corrected chi connectivity index (χ2v) is 5.09. The van der Waals surface area contributed by atoms with Crippen LogP contribution in [0.1, 0.15) is 0 Å². The van der Waals surface area contributed by atoms with E-state index in [1.54, 1.807) is 36.4 Å². The summed E-state index contributed by atoms with van der Waals surface area (Å²) in [5.41, 5.74) is 0.270. The van der Waals surface area contributed by atoms with Crippen LogP contribution in [0, 0.1) is 0 Å². The van der Waals surface area contributed by atoms with Gasteiger partial charge in [-0.15, -0.1) is 0 Å². The molecule has 0 radical (unpaired) electrons. The van der Waals surface area contributed by atoms with Crippen molar-refractivity contribution >= 4 is 21.8 Å². The van der Waals surface area contributed by atoms with E-state index in [0.717, 1.165) is 10.8 Å². The fourth-order valence-electron chi connectivity index (χ4n) is 2.30. The topological polar surface area (TPSA) is 112 Å². The summed E-state index contributed by atoms with van der Waals surface area (Å²) in [5.74, 6) is -0.296. The Bertz CT molecular complexity index is 1050. The average molecular weight is 447 g/mol. The second kappa shape index (κ2) is 9.27. The monoisotopic (exact) mass is 446 g/mol. The summed E-state index contributed by atoms with van der Waals surface area (Å²) < 4.78 is 0. The Morgan fingerprint density at radius 3 is 1.35 bits per heavy atom. The van der Waals surface area contributed by atoms with Crippen LogP contribution in [0.2, 0.25) is 0 Å². The molecule has 4 aromatic rings. The number of fused-ring (bicyclic) bond motifs is 2. The first-order chi connectivity index (χ1) is 11.5. The van der Waals surface area contributed by atoms with E-state index in [-0.39, 0.29) is 56.8 Å². The molecule has 0 amide bonds. The average Bonchev–Trinajstić information content (AvgIpc) is 2.57. The van der Waals surface area contributed by atoms with Crippen LogP contribution in [-0.2, 0) is 34.1 Å². The number of benzene rings is 2. The van der Waals surface area contributed by atoms with Crippen LogP contribution in [0.15, 0.2) is 70.3 Å². The van der Waals surface area contributed by atoms with Crippen molar-refractivity contribution in [3.63, 3.8) is 0 Å². The van der Waals surface area contributed by atoms with Crippen LogP contribution in [0.5, 0.6) is 11.5 Å². The molecule has 26 heavy (non-hydrogen) atoms. The van der Waals surface area contributed by atoms with Crippen molar-refractivity contribution < 1.29 is 44.4 Å². The van der Waals surface area contributed by atoms with Crippen molar-refractivity contribution in [3.05, 3.63) is 81.4 Å². The molecule has 0 aliphatic carbocycles. The molecule has 0 atom stereocenters. The van der Waals surface area contributed by atoms with Gasteiger partial charge in [-0.25, -0.2) is 0 Å². The maximum atomic E-state index is 11.2. The first-order valence-electron chi connectivity index (χ1n) is 7.13. The Hall–Kier alpha value is -2.50. The van der Waals surface area contributed by atoms with Crippen LogP contribution in [0.4, 0.5) is 0 Å². The molecule has 2 aromatic carbocycles. The van der Waals surface area contributed by atoms with Gasteiger partial charge < -0.3 is 20.2 Å². The van der Waals surface area contributed by atoms with Gasteiger partial charge in [0.05, 0.1) is 0 Å². The van der Waals surface area contributed by atoms with Gasteiger partial charge in [-0.05, 0) is 22.9 Å². The van der Waals surface area contributed by atoms with Crippen LogP contribution >= 0.6 is 0 Å². The fourth-order valence-corrected chi connectivity index (χ4v) is 2.30. The number of hydrogen-bond donors (Lipinski definition) is 2. The summed E-state index contributed by atoms with van der Waals surface area (Å²) in [6, 6.07) is 15.8. The molecule has 140 valence electrons. The molecule has 0 aliphatic heterocycles. The SMILES string of the molecule is O=c1ccc2cccc([O-])c2[nH]1.O=c1ccc2cccc([O-])c2[nH]1.[Cu+].[Cu+]. The summed E-state index contributed by atoms with van der Waals surface area (Å²) in [6.45, 7) is 0. The first kappa shape index (κ1) is 21.5. The van der Waals surface area contributed by atoms with E-state index in [2.05, 4.69) is 9.97 Å². The van der Waals surface area contributed by atoms with Crippen LogP contribution in [0.25, 0.3) is 21.8 Å². The van der Waals surface area contributed by atoms with Gasteiger partial charge in [0, 0.05) is 23.2 Å². The summed E-state index contributed by atoms with van der Waals surface area (Å²) in [5, 5.41) is 23.9. The maximum absolute atomic E-state index is 11.2. The van der Waals surface area contributed by atoms with E-state index in [1.807, 2.05) is 0 Å².